The lowest BCUT2D eigenvalue weighted by Gasteiger charge is -2.19. The number of ether oxygens (including phenoxy) is 1. The van der Waals surface area contributed by atoms with Crippen molar-refractivity contribution in [2.24, 2.45) is 0 Å². The van der Waals surface area contributed by atoms with E-state index in [-0.39, 0.29) is 5.56 Å². The quantitative estimate of drug-likeness (QED) is 0.820. The van der Waals surface area contributed by atoms with Crippen LogP contribution in [0.5, 0.6) is 5.75 Å². The standard InChI is InChI=1S/C16H16ClF2NO/c1-3-21-15-8-7-11(17)9-14(15)20-10(2)16-12(18)5-4-6-13(16)19/h4-10,20H,3H2,1-2H3. The van der Waals surface area contributed by atoms with E-state index in [4.69, 9.17) is 16.3 Å². The first kappa shape index (κ1) is 15.6. The van der Waals surface area contributed by atoms with Gasteiger partial charge in [0, 0.05) is 10.6 Å². The van der Waals surface area contributed by atoms with Crippen molar-refractivity contribution >= 4 is 17.3 Å². The molecule has 21 heavy (non-hydrogen) atoms. The van der Waals surface area contributed by atoms with Crippen LogP contribution in [0.3, 0.4) is 0 Å². The number of nitrogens with one attached hydrogen (secondary N) is 1. The van der Waals surface area contributed by atoms with Crippen molar-refractivity contribution in [3.8, 4) is 5.75 Å². The van der Waals surface area contributed by atoms with Crippen LogP contribution in [-0.2, 0) is 0 Å². The normalized spacial score (nSPS) is 12.0. The highest BCUT2D eigenvalue weighted by atomic mass is 35.5. The molecular formula is C16H16ClF2NO. The van der Waals surface area contributed by atoms with Crippen LogP contribution in [0.25, 0.3) is 0 Å². The smallest absolute Gasteiger partial charge is 0.142 e. The molecule has 0 heterocycles. The number of hydrogen-bond acceptors (Lipinski definition) is 2. The Morgan fingerprint density at radius 1 is 1.19 bits per heavy atom. The summed E-state index contributed by atoms with van der Waals surface area (Å²) < 4.78 is 33.1. The minimum absolute atomic E-state index is 0.0140. The van der Waals surface area contributed by atoms with Crippen molar-refractivity contribution in [3.63, 3.8) is 0 Å². The highest BCUT2D eigenvalue weighted by Crippen LogP contribution is 2.32. The molecule has 0 amide bonds. The Bertz CT molecular complexity index is 613. The van der Waals surface area contributed by atoms with E-state index >= 15 is 0 Å². The van der Waals surface area contributed by atoms with Crippen LogP contribution in [0.4, 0.5) is 14.5 Å². The zero-order valence-corrected chi connectivity index (χ0v) is 12.5. The van der Waals surface area contributed by atoms with Gasteiger partial charge in [-0.2, -0.15) is 0 Å². The third kappa shape index (κ3) is 3.64. The lowest BCUT2D eigenvalue weighted by molar-refractivity contribution is 0.341. The highest BCUT2D eigenvalue weighted by molar-refractivity contribution is 6.30. The second-order valence-electron chi connectivity index (χ2n) is 4.57. The highest BCUT2D eigenvalue weighted by Gasteiger charge is 2.17. The second-order valence-corrected chi connectivity index (χ2v) is 5.01. The summed E-state index contributed by atoms with van der Waals surface area (Å²) in [5.41, 5.74) is 0.583. The van der Waals surface area contributed by atoms with Gasteiger partial charge in [0.15, 0.2) is 0 Å². The molecule has 0 spiro atoms. The van der Waals surface area contributed by atoms with Gasteiger partial charge in [-0.3, -0.25) is 0 Å². The maximum atomic E-state index is 13.8. The third-order valence-electron chi connectivity index (χ3n) is 3.05. The van der Waals surface area contributed by atoms with E-state index in [1.807, 2.05) is 6.92 Å². The predicted octanol–water partition coefficient (Wildman–Crippen LogP) is 5.19. The maximum Gasteiger partial charge on any atom is 0.142 e. The third-order valence-corrected chi connectivity index (χ3v) is 3.28. The van der Waals surface area contributed by atoms with Gasteiger partial charge in [-0.05, 0) is 44.2 Å². The van der Waals surface area contributed by atoms with E-state index in [2.05, 4.69) is 5.32 Å². The topological polar surface area (TPSA) is 21.3 Å². The first-order chi connectivity index (χ1) is 10.0. The average molecular weight is 312 g/mol. The van der Waals surface area contributed by atoms with Crippen molar-refractivity contribution in [3.05, 3.63) is 58.6 Å². The number of rotatable bonds is 5. The van der Waals surface area contributed by atoms with Gasteiger partial charge in [-0.25, -0.2) is 8.78 Å². The van der Waals surface area contributed by atoms with Crippen molar-refractivity contribution in [1.82, 2.24) is 0 Å². The van der Waals surface area contributed by atoms with E-state index < -0.39 is 17.7 Å². The molecule has 0 fully saturated rings. The van der Waals surface area contributed by atoms with Gasteiger partial charge in [0.1, 0.15) is 17.4 Å². The lowest BCUT2D eigenvalue weighted by atomic mass is 10.1. The average Bonchev–Trinajstić information content (AvgIpc) is 2.42. The van der Waals surface area contributed by atoms with Crippen LogP contribution < -0.4 is 10.1 Å². The first-order valence-electron chi connectivity index (χ1n) is 6.65. The molecule has 0 aliphatic rings. The van der Waals surface area contributed by atoms with Gasteiger partial charge in [-0.1, -0.05) is 17.7 Å². The number of benzene rings is 2. The molecule has 0 aliphatic carbocycles. The Morgan fingerprint density at radius 3 is 2.48 bits per heavy atom. The van der Waals surface area contributed by atoms with E-state index in [0.717, 1.165) is 0 Å². The minimum Gasteiger partial charge on any atom is -0.492 e. The van der Waals surface area contributed by atoms with Gasteiger partial charge < -0.3 is 10.1 Å². The van der Waals surface area contributed by atoms with Gasteiger partial charge in [0.25, 0.3) is 0 Å². The zero-order valence-electron chi connectivity index (χ0n) is 11.8. The molecule has 0 radical (unpaired) electrons. The van der Waals surface area contributed by atoms with Gasteiger partial charge >= 0.3 is 0 Å². The SMILES string of the molecule is CCOc1ccc(Cl)cc1NC(C)c1c(F)cccc1F. The number of halogens is 3. The molecule has 1 N–H and O–H groups in total. The molecular weight excluding hydrogens is 296 g/mol. The van der Waals surface area contributed by atoms with Crippen LogP contribution in [-0.4, -0.2) is 6.61 Å². The molecule has 2 aromatic carbocycles. The first-order valence-corrected chi connectivity index (χ1v) is 7.03. The Hall–Kier alpha value is -1.81. The van der Waals surface area contributed by atoms with Gasteiger partial charge in [0.05, 0.1) is 18.3 Å². The van der Waals surface area contributed by atoms with Crippen molar-refractivity contribution in [2.45, 2.75) is 19.9 Å². The van der Waals surface area contributed by atoms with Crippen molar-refractivity contribution in [2.75, 3.05) is 11.9 Å². The fraction of sp³-hybridized carbons (Fsp3) is 0.250. The fourth-order valence-electron chi connectivity index (χ4n) is 2.13. The van der Waals surface area contributed by atoms with Crippen molar-refractivity contribution in [1.29, 1.82) is 0 Å². The summed E-state index contributed by atoms with van der Waals surface area (Å²) in [4.78, 5) is 0. The predicted molar refractivity (Wildman–Crippen MR) is 81.0 cm³/mol. The summed E-state index contributed by atoms with van der Waals surface area (Å²) in [6, 6.07) is 8.33. The Labute approximate surface area is 127 Å². The molecule has 5 heteroatoms. The van der Waals surface area contributed by atoms with Crippen LogP contribution in [0.15, 0.2) is 36.4 Å². The van der Waals surface area contributed by atoms with E-state index in [0.29, 0.717) is 23.1 Å². The van der Waals surface area contributed by atoms with E-state index in [1.54, 1.807) is 25.1 Å². The van der Waals surface area contributed by atoms with Gasteiger partial charge in [-0.15, -0.1) is 0 Å². The maximum absolute atomic E-state index is 13.8. The van der Waals surface area contributed by atoms with Crippen LogP contribution in [0.1, 0.15) is 25.5 Å². The zero-order chi connectivity index (χ0) is 15.4. The van der Waals surface area contributed by atoms with Gasteiger partial charge in [0.2, 0.25) is 0 Å². The molecule has 0 saturated carbocycles. The van der Waals surface area contributed by atoms with Crippen LogP contribution in [0.2, 0.25) is 5.02 Å². The van der Waals surface area contributed by atoms with Crippen LogP contribution in [0, 0.1) is 11.6 Å². The lowest BCUT2D eigenvalue weighted by Crippen LogP contribution is -2.12. The Balaban J connectivity index is 2.31. The summed E-state index contributed by atoms with van der Waals surface area (Å²) in [6.45, 7) is 4.02. The number of hydrogen-bond donors (Lipinski definition) is 1. The summed E-state index contributed by atoms with van der Waals surface area (Å²) in [5.74, 6) is -0.588. The second kappa shape index (κ2) is 6.76. The number of anilines is 1. The molecule has 0 saturated heterocycles. The Kier molecular flexibility index (Phi) is 5.02. The Morgan fingerprint density at radius 2 is 1.86 bits per heavy atom. The summed E-state index contributed by atoms with van der Waals surface area (Å²) in [5, 5.41) is 3.56. The summed E-state index contributed by atoms with van der Waals surface area (Å²) in [6.07, 6.45) is 0. The largest absolute Gasteiger partial charge is 0.492 e. The van der Waals surface area contributed by atoms with E-state index in [1.165, 1.54) is 18.2 Å². The van der Waals surface area contributed by atoms with Crippen LogP contribution >= 0.6 is 11.6 Å². The van der Waals surface area contributed by atoms with Crippen molar-refractivity contribution < 1.29 is 13.5 Å². The molecule has 2 aromatic rings. The summed E-state index contributed by atoms with van der Waals surface area (Å²) >= 11 is 5.97. The molecule has 1 unspecified atom stereocenters. The molecule has 1 atom stereocenters. The summed E-state index contributed by atoms with van der Waals surface area (Å²) in [7, 11) is 0. The molecule has 0 aliphatic heterocycles. The molecule has 0 bridgehead atoms. The minimum atomic E-state index is -0.588. The molecule has 2 nitrogen and oxygen atoms in total. The molecule has 0 aromatic heterocycles. The molecule has 2 rings (SSSR count). The monoisotopic (exact) mass is 311 g/mol. The molecule has 112 valence electrons. The van der Waals surface area contributed by atoms with E-state index in [9.17, 15) is 8.78 Å². The fourth-order valence-corrected chi connectivity index (χ4v) is 2.30.